The molecule has 13 heteroatoms. The van der Waals surface area contributed by atoms with Gasteiger partial charge in [-0.1, -0.05) is 34.4 Å². The molecule has 2 amide bonds. The van der Waals surface area contributed by atoms with E-state index in [1.807, 2.05) is 0 Å². The van der Waals surface area contributed by atoms with Crippen LogP contribution >= 0.6 is 35.0 Å². The van der Waals surface area contributed by atoms with Crippen LogP contribution in [-0.4, -0.2) is 66.2 Å². The zero-order valence-electron chi connectivity index (χ0n) is 18.5. The predicted molar refractivity (Wildman–Crippen MR) is 125 cm³/mol. The van der Waals surface area contributed by atoms with Gasteiger partial charge in [0.1, 0.15) is 28.4 Å². The molecule has 182 valence electrons. The molecule has 1 aliphatic rings. The van der Waals surface area contributed by atoms with Crippen LogP contribution in [-0.2, 0) is 14.4 Å². The van der Waals surface area contributed by atoms with Crippen LogP contribution < -0.4 is 5.32 Å². The van der Waals surface area contributed by atoms with Gasteiger partial charge in [0.15, 0.2) is 6.04 Å². The van der Waals surface area contributed by atoms with Crippen molar-refractivity contribution in [3.8, 4) is 11.3 Å². The first-order chi connectivity index (χ1) is 15.8. The summed E-state index contributed by atoms with van der Waals surface area (Å²) in [4.78, 5) is 50.7. The number of hydrogen-bond donors (Lipinski definition) is 3. The smallest absolute Gasteiger partial charge is 0.329 e. The molecule has 1 saturated heterocycles. The Balaban J connectivity index is 2.02. The number of halogens is 2. The minimum absolute atomic E-state index is 0.0148. The summed E-state index contributed by atoms with van der Waals surface area (Å²) in [5, 5.41) is 25.1. The molecule has 0 saturated carbocycles. The molecular formula is C21H21Cl2N3O7S. The standard InChI is InChI=1S/C21H21Cl2N3O7S/c1-8-12(14(25-33-8)13-10(22)6-5-7-11(13)23)17(28)24-15(19(29)30)18-26(9(2)27)16(20(31)32)21(3,4)34-18/h5-7,15-16,18H,1-4H3,(H,24,28)(H,29,30)(H,31,32)/t15?,16-,18?/m1/s1. The second-order valence-corrected chi connectivity index (χ2v) is 10.7. The van der Waals surface area contributed by atoms with E-state index < -0.39 is 46.0 Å². The zero-order valence-corrected chi connectivity index (χ0v) is 20.8. The third kappa shape index (κ3) is 4.59. The molecule has 3 atom stereocenters. The number of nitrogens with zero attached hydrogens (tertiary/aromatic N) is 2. The van der Waals surface area contributed by atoms with Gasteiger partial charge in [-0.3, -0.25) is 9.59 Å². The quantitative estimate of drug-likeness (QED) is 0.511. The van der Waals surface area contributed by atoms with Crippen LogP contribution in [0.2, 0.25) is 10.0 Å². The highest BCUT2D eigenvalue weighted by molar-refractivity contribution is 8.01. The predicted octanol–water partition coefficient (Wildman–Crippen LogP) is 3.29. The lowest BCUT2D eigenvalue weighted by molar-refractivity contribution is -0.152. The highest BCUT2D eigenvalue weighted by atomic mass is 35.5. The normalized spacial score (nSPS) is 20.1. The number of carbonyl (C=O) groups is 4. The Hall–Kier alpha value is -2.76. The molecule has 2 heterocycles. The van der Waals surface area contributed by atoms with E-state index in [0.717, 1.165) is 23.6 Å². The summed E-state index contributed by atoms with van der Waals surface area (Å²) in [6.07, 6.45) is 0. The van der Waals surface area contributed by atoms with E-state index >= 15 is 0 Å². The van der Waals surface area contributed by atoms with Gasteiger partial charge in [0, 0.05) is 17.2 Å². The number of aryl methyl sites for hydroxylation is 1. The van der Waals surface area contributed by atoms with E-state index in [1.165, 1.54) is 6.92 Å². The summed E-state index contributed by atoms with van der Waals surface area (Å²) in [5.41, 5.74) is 0.154. The number of benzene rings is 1. The highest BCUT2D eigenvalue weighted by Crippen LogP contribution is 2.46. The average Bonchev–Trinajstić information content (AvgIpc) is 3.22. The van der Waals surface area contributed by atoms with Crippen molar-refractivity contribution >= 4 is 58.7 Å². The van der Waals surface area contributed by atoms with Crippen LogP contribution in [0.5, 0.6) is 0 Å². The van der Waals surface area contributed by atoms with E-state index in [2.05, 4.69) is 10.5 Å². The van der Waals surface area contributed by atoms with E-state index in [0.29, 0.717) is 0 Å². The number of carbonyl (C=O) groups excluding carboxylic acids is 2. The van der Waals surface area contributed by atoms with E-state index in [-0.39, 0.29) is 32.6 Å². The summed E-state index contributed by atoms with van der Waals surface area (Å²) in [6, 6.07) is 1.75. The van der Waals surface area contributed by atoms with Gasteiger partial charge in [0.2, 0.25) is 5.91 Å². The molecule has 1 aromatic carbocycles. The number of thioether (sulfide) groups is 1. The molecule has 0 radical (unpaired) electrons. The van der Waals surface area contributed by atoms with E-state index in [4.69, 9.17) is 27.7 Å². The molecule has 0 aliphatic carbocycles. The summed E-state index contributed by atoms with van der Waals surface area (Å²) in [6.45, 7) is 5.79. The number of rotatable bonds is 6. The van der Waals surface area contributed by atoms with E-state index in [9.17, 15) is 29.4 Å². The Morgan fingerprint density at radius 2 is 1.79 bits per heavy atom. The molecule has 3 N–H and O–H groups in total. The summed E-state index contributed by atoms with van der Waals surface area (Å²) < 4.78 is 4.14. The molecule has 2 unspecified atom stereocenters. The Kier molecular flexibility index (Phi) is 7.20. The molecule has 0 spiro atoms. The monoisotopic (exact) mass is 529 g/mol. The molecule has 3 rings (SSSR count). The van der Waals surface area contributed by atoms with Crippen LogP contribution in [0, 0.1) is 6.92 Å². The second-order valence-electron chi connectivity index (χ2n) is 8.13. The van der Waals surface area contributed by atoms with Crippen molar-refractivity contribution in [1.82, 2.24) is 15.4 Å². The minimum atomic E-state index is -1.64. The number of carboxylic acid groups (broad SMARTS) is 2. The fraction of sp³-hybridized carbons (Fsp3) is 0.381. The first kappa shape index (κ1) is 25.9. The van der Waals surface area contributed by atoms with Crippen molar-refractivity contribution in [2.75, 3.05) is 0 Å². The van der Waals surface area contributed by atoms with Gasteiger partial charge in [-0.25, -0.2) is 9.59 Å². The molecule has 1 aliphatic heterocycles. The number of aliphatic carboxylic acids is 2. The van der Waals surface area contributed by atoms with Crippen LogP contribution in [0.1, 0.15) is 36.9 Å². The maximum Gasteiger partial charge on any atom is 0.329 e. The number of carboxylic acids is 2. The summed E-state index contributed by atoms with van der Waals surface area (Å²) in [5.74, 6) is -4.15. The minimum Gasteiger partial charge on any atom is -0.480 e. The SMILES string of the molecule is CC(=O)N1C(C(NC(=O)c2c(-c3c(Cl)cccc3Cl)noc2C)C(=O)O)SC(C)(C)[C@H]1C(=O)O. The van der Waals surface area contributed by atoms with Crippen LogP contribution in [0.15, 0.2) is 22.7 Å². The Labute approximate surface area is 208 Å². The highest BCUT2D eigenvalue weighted by Gasteiger charge is 2.56. The number of amides is 2. The number of aromatic nitrogens is 1. The van der Waals surface area contributed by atoms with Crippen molar-refractivity contribution < 1.29 is 33.9 Å². The number of nitrogens with one attached hydrogen (secondary N) is 1. The molecule has 1 fully saturated rings. The van der Waals surface area contributed by atoms with Crippen molar-refractivity contribution in [1.29, 1.82) is 0 Å². The molecule has 1 aromatic heterocycles. The molecule has 2 aromatic rings. The maximum absolute atomic E-state index is 13.3. The van der Waals surface area contributed by atoms with E-state index in [1.54, 1.807) is 32.0 Å². The molecular weight excluding hydrogens is 509 g/mol. The van der Waals surface area contributed by atoms with Crippen molar-refractivity contribution in [3.05, 3.63) is 39.6 Å². The third-order valence-electron chi connectivity index (χ3n) is 5.36. The van der Waals surface area contributed by atoms with Crippen molar-refractivity contribution in [2.24, 2.45) is 0 Å². The third-order valence-corrected chi connectivity index (χ3v) is 7.56. The summed E-state index contributed by atoms with van der Waals surface area (Å²) in [7, 11) is 0. The van der Waals surface area contributed by atoms with Gasteiger partial charge in [0.25, 0.3) is 5.91 Å². The number of hydrogen-bond acceptors (Lipinski definition) is 7. The first-order valence-corrected chi connectivity index (χ1v) is 11.5. The van der Waals surface area contributed by atoms with Crippen molar-refractivity contribution in [2.45, 2.75) is 49.9 Å². The van der Waals surface area contributed by atoms with Crippen LogP contribution in [0.3, 0.4) is 0 Å². The maximum atomic E-state index is 13.3. The summed E-state index contributed by atoms with van der Waals surface area (Å²) >= 11 is 13.5. The lowest BCUT2D eigenvalue weighted by Gasteiger charge is -2.31. The first-order valence-electron chi connectivity index (χ1n) is 9.91. The second kappa shape index (κ2) is 9.47. The molecule has 10 nitrogen and oxygen atoms in total. The average molecular weight is 530 g/mol. The Morgan fingerprint density at radius 1 is 1.21 bits per heavy atom. The molecule has 34 heavy (non-hydrogen) atoms. The van der Waals surface area contributed by atoms with Gasteiger partial charge in [-0.15, -0.1) is 11.8 Å². The lowest BCUT2D eigenvalue weighted by Crippen LogP contribution is -2.57. The fourth-order valence-electron chi connectivity index (χ4n) is 3.92. The van der Waals surface area contributed by atoms with Crippen molar-refractivity contribution in [3.63, 3.8) is 0 Å². The fourth-order valence-corrected chi connectivity index (χ4v) is 6.17. The largest absolute Gasteiger partial charge is 0.480 e. The zero-order chi connectivity index (χ0) is 25.5. The van der Waals surface area contributed by atoms with Gasteiger partial charge >= 0.3 is 11.9 Å². The van der Waals surface area contributed by atoms with Crippen LogP contribution in [0.4, 0.5) is 0 Å². The van der Waals surface area contributed by atoms with Gasteiger partial charge < -0.3 is 25.0 Å². The topological polar surface area (TPSA) is 150 Å². The van der Waals surface area contributed by atoms with Gasteiger partial charge in [0.05, 0.1) is 10.0 Å². The Bertz CT molecular complexity index is 1160. The van der Waals surface area contributed by atoms with Gasteiger partial charge in [-0.05, 0) is 32.9 Å². The Morgan fingerprint density at radius 3 is 2.29 bits per heavy atom. The van der Waals surface area contributed by atoms with Crippen LogP contribution in [0.25, 0.3) is 11.3 Å². The molecule has 0 bridgehead atoms. The lowest BCUT2D eigenvalue weighted by atomic mass is 10.0. The van der Waals surface area contributed by atoms with Gasteiger partial charge in [-0.2, -0.15) is 0 Å².